The lowest BCUT2D eigenvalue weighted by Gasteiger charge is -2.30. The third-order valence-electron chi connectivity index (χ3n) is 14.0. The van der Waals surface area contributed by atoms with Crippen LogP contribution >= 0.6 is 7.82 Å². The Balaban J connectivity index is 3.93. The summed E-state index contributed by atoms with van der Waals surface area (Å²) < 4.78 is 23.4. The molecule has 0 radical (unpaired) electrons. The number of phosphoric ester groups is 1. The Kier molecular flexibility index (Phi) is 50.6. The van der Waals surface area contributed by atoms with Gasteiger partial charge in [-0.25, -0.2) is 0 Å². The Morgan fingerprint density at radius 3 is 1.15 bits per heavy atom. The molecule has 0 aliphatic rings. The zero-order valence-electron chi connectivity index (χ0n) is 46.3. The van der Waals surface area contributed by atoms with Crippen molar-refractivity contribution in [3.05, 3.63) is 12.2 Å². The smallest absolute Gasteiger partial charge is 0.268 e. The van der Waals surface area contributed by atoms with Gasteiger partial charge in [0.05, 0.1) is 39.9 Å². The van der Waals surface area contributed by atoms with Crippen molar-refractivity contribution in [1.82, 2.24) is 5.32 Å². The van der Waals surface area contributed by atoms with Gasteiger partial charge in [0, 0.05) is 6.42 Å². The first-order valence-corrected chi connectivity index (χ1v) is 31.5. The fourth-order valence-electron chi connectivity index (χ4n) is 9.27. The van der Waals surface area contributed by atoms with Crippen LogP contribution in [0.4, 0.5) is 0 Å². The third-order valence-corrected chi connectivity index (χ3v) is 15.0. The average molecular weight is 984 g/mol. The number of nitrogens with one attached hydrogen (secondary N) is 1. The van der Waals surface area contributed by atoms with Crippen molar-refractivity contribution in [3.8, 4) is 0 Å². The normalized spacial score (nSPS) is 13.9. The summed E-state index contributed by atoms with van der Waals surface area (Å²) in [7, 11) is 1.32. The Hall–Kier alpha value is -0.760. The highest BCUT2D eigenvalue weighted by atomic mass is 31.2. The number of hydrogen-bond donors (Lipinski definition) is 2. The van der Waals surface area contributed by atoms with Crippen molar-refractivity contribution in [2.45, 2.75) is 321 Å². The highest BCUT2D eigenvalue weighted by molar-refractivity contribution is 7.45. The van der Waals surface area contributed by atoms with Crippen LogP contribution in [-0.4, -0.2) is 68.5 Å². The molecule has 0 saturated heterocycles. The number of aliphatic hydroxyl groups excluding tert-OH is 1. The molecular weight excluding hydrogens is 864 g/mol. The summed E-state index contributed by atoms with van der Waals surface area (Å²) in [6, 6.07) is -0.795. The van der Waals surface area contributed by atoms with Crippen LogP contribution < -0.4 is 10.2 Å². The van der Waals surface area contributed by atoms with Crippen LogP contribution in [0.25, 0.3) is 0 Å². The molecule has 0 aliphatic heterocycles. The van der Waals surface area contributed by atoms with Gasteiger partial charge >= 0.3 is 0 Å². The number of hydrogen-bond acceptors (Lipinski definition) is 6. The molecule has 0 fully saturated rings. The Labute approximate surface area is 424 Å². The molecular formula is C59H119N2O6P. The molecule has 9 heteroatoms. The number of carbonyl (C=O) groups excluding carboxylic acids is 1. The number of phosphoric acid groups is 1. The summed E-state index contributed by atoms with van der Waals surface area (Å²) in [4.78, 5) is 25.5. The topological polar surface area (TPSA) is 108 Å². The molecule has 3 atom stereocenters. The summed E-state index contributed by atoms with van der Waals surface area (Å²) >= 11 is 0. The van der Waals surface area contributed by atoms with E-state index in [0.717, 1.165) is 38.5 Å². The van der Waals surface area contributed by atoms with Crippen molar-refractivity contribution >= 4 is 13.7 Å². The molecule has 68 heavy (non-hydrogen) atoms. The van der Waals surface area contributed by atoms with E-state index in [1.54, 1.807) is 0 Å². The first-order chi connectivity index (χ1) is 33.0. The minimum Gasteiger partial charge on any atom is -0.756 e. The minimum absolute atomic E-state index is 0.0155. The maximum absolute atomic E-state index is 13.0. The van der Waals surface area contributed by atoms with Gasteiger partial charge in [0.25, 0.3) is 7.82 Å². The van der Waals surface area contributed by atoms with Crippen LogP contribution in [0.2, 0.25) is 0 Å². The monoisotopic (exact) mass is 983 g/mol. The van der Waals surface area contributed by atoms with Crippen molar-refractivity contribution in [1.29, 1.82) is 0 Å². The van der Waals surface area contributed by atoms with E-state index in [4.69, 9.17) is 9.05 Å². The standard InChI is InChI=1S/C59H119N2O6P/c1-6-8-10-12-14-16-18-20-21-22-23-24-25-26-27-28-29-30-31-32-33-34-35-36-37-38-39-41-43-45-47-49-51-53-59(63)60-57(56-67-68(64,65)66-55-54-61(3,4)5)58(62)52-50-48-46-44-42-40-19-17-15-13-11-9-7-2/h22-23,57-58,62H,6-21,24-56H2,1-5H3,(H-,60,63,64,65)/b23-22-. The zero-order valence-corrected chi connectivity index (χ0v) is 47.2. The number of allylic oxidation sites excluding steroid dienone is 2. The second-order valence-corrected chi connectivity index (χ2v) is 23.5. The number of unbranched alkanes of at least 4 members (excludes halogenated alkanes) is 41. The number of rotatable bonds is 56. The number of nitrogens with zero attached hydrogens (tertiary/aromatic N) is 1. The molecule has 0 saturated carbocycles. The minimum atomic E-state index is -4.56. The molecule has 0 bridgehead atoms. The molecule has 2 N–H and O–H groups in total. The first kappa shape index (κ1) is 67.2. The molecule has 0 aromatic rings. The quantitative estimate of drug-likeness (QED) is 0.0272. The van der Waals surface area contributed by atoms with E-state index in [1.165, 1.54) is 244 Å². The lowest BCUT2D eigenvalue weighted by molar-refractivity contribution is -0.870. The number of likely N-dealkylation sites (N-methyl/N-ethyl adjacent to an activating group) is 1. The molecule has 3 unspecified atom stereocenters. The van der Waals surface area contributed by atoms with E-state index in [9.17, 15) is 19.4 Å². The van der Waals surface area contributed by atoms with Gasteiger partial charge in [-0.05, 0) is 38.5 Å². The van der Waals surface area contributed by atoms with Gasteiger partial charge in [-0.15, -0.1) is 0 Å². The fourth-order valence-corrected chi connectivity index (χ4v) is 10.00. The van der Waals surface area contributed by atoms with Crippen molar-refractivity contribution in [2.75, 3.05) is 40.9 Å². The molecule has 0 aromatic carbocycles. The van der Waals surface area contributed by atoms with E-state index in [0.29, 0.717) is 23.9 Å². The van der Waals surface area contributed by atoms with Crippen LogP contribution in [-0.2, 0) is 18.4 Å². The van der Waals surface area contributed by atoms with Crippen molar-refractivity contribution < 1.29 is 32.9 Å². The SMILES string of the molecule is CCCCCCCCCC/C=C\CCCCCCCCCCCCCCCCCCCCCCCC(=O)NC(COP(=O)([O-])OCC[N+](C)(C)C)C(O)CCCCCCCCCCCCCCC. The van der Waals surface area contributed by atoms with Crippen LogP contribution in [0, 0.1) is 0 Å². The molecule has 0 aliphatic carbocycles. The summed E-state index contributed by atoms with van der Waals surface area (Å²) in [5.74, 6) is -0.159. The number of carbonyl (C=O) groups is 1. The van der Waals surface area contributed by atoms with Crippen LogP contribution in [0.15, 0.2) is 12.2 Å². The number of aliphatic hydroxyl groups is 1. The van der Waals surface area contributed by atoms with E-state index in [2.05, 4.69) is 31.3 Å². The molecule has 1 amide bonds. The van der Waals surface area contributed by atoms with E-state index in [1.807, 2.05) is 21.1 Å². The van der Waals surface area contributed by atoms with Crippen molar-refractivity contribution in [3.63, 3.8) is 0 Å². The maximum Gasteiger partial charge on any atom is 0.268 e. The highest BCUT2D eigenvalue weighted by Gasteiger charge is 2.24. The highest BCUT2D eigenvalue weighted by Crippen LogP contribution is 2.38. The molecule has 0 spiro atoms. The fraction of sp³-hybridized carbons (Fsp3) is 0.949. The van der Waals surface area contributed by atoms with Gasteiger partial charge < -0.3 is 28.8 Å². The Morgan fingerprint density at radius 2 is 0.809 bits per heavy atom. The van der Waals surface area contributed by atoms with Crippen LogP contribution in [0.1, 0.15) is 309 Å². The van der Waals surface area contributed by atoms with E-state index in [-0.39, 0.29) is 19.1 Å². The van der Waals surface area contributed by atoms with Gasteiger partial charge in [-0.2, -0.15) is 0 Å². The summed E-state index contributed by atoms with van der Waals surface area (Å²) in [5.41, 5.74) is 0. The molecule has 0 rings (SSSR count). The van der Waals surface area contributed by atoms with Gasteiger partial charge in [0.2, 0.25) is 5.91 Å². The summed E-state index contributed by atoms with van der Waals surface area (Å²) in [6.07, 6.45) is 62.7. The predicted molar refractivity (Wildman–Crippen MR) is 293 cm³/mol. The number of amides is 1. The molecule has 8 nitrogen and oxygen atoms in total. The third kappa shape index (κ3) is 53.0. The second-order valence-electron chi connectivity index (χ2n) is 22.1. The summed E-state index contributed by atoms with van der Waals surface area (Å²) in [5, 5.41) is 14.0. The van der Waals surface area contributed by atoms with E-state index >= 15 is 0 Å². The molecule has 0 heterocycles. The second kappa shape index (κ2) is 51.2. The first-order valence-electron chi connectivity index (χ1n) is 30.0. The van der Waals surface area contributed by atoms with Gasteiger partial charge in [-0.3, -0.25) is 9.36 Å². The Morgan fingerprint density at radius 1 is 0.500 bits per heavy atom. The maximum atomic E-state index is 13.0. The van der Waals surface area contributed by atoms with Gasteiger partial charge in [-0.1, -0.05) is 276 Å². The van der Waals surface area contributed by atoms with Gasteiger partial charge in [0.15, 0.2) is 0 Å². The van der Waals surface area contributed by atoms with Crippen LogP contribution in [0.5, 0.6) is 0 Å². The zero-order chi connectivity index (χ0) is 49.9. The largest absolute Gasteiger partial charge is 0.756 e. The average Bonchev–Trinajstić information content (AvgIpc) is 3.30. The van der Waals surface area contributed by atoms with Crippen LogP contribution in [0.3, 0.4) is 0 Å². The molecule has 406 valence electrons. The predicted octanol–water partition coefficient (Wildman–Crippen LogP) is 17.6. The van der Waals surface area contributed by atoms with E-state index < -0.39 is 20.0 Å². The number of quaternary nitrogens is 1. The Bertz CT molecular complexity index is 1120. The van der Waals surface area contributed by atoms with Gasteiger partial charge in [0.1, 0.15) is 13.2 Å². The lowest BCUT2D eigenvalue weighted by atomic mass is 10.0. The van der Waals surface area contributed by atoms with Crippen molar-refractivity contribution in [2.24, 2.45) is 0 Å². The lowest BCUT2D eigenvalue weighted by Crippen LogP contribution is -2.46. The molecule has 0 aromatic heterocycles. The summed E-state index contributed by atoms with van der Waals surface area (Å²) in [6.45, 7) is 4.76.